The van der Waals surface area contributed by atoms with E-state index in [1.165, 1.54) is 25.3 Å². The maximum Gasteiger partial charge on any atom is 0.328 e. The summed E-state index contributed by atoms with van der Waals surface area (Å²) in [6, 6.07) is 21.2. The molecule has 3 aromatic carbocycles. The molecule has 0 aliphatic carbocycles. The molecule has 1 aliphatic heterocycles. The van der Waals surface area contributed by atoms with Crippen molar-refractivity contribution in [1.29, 1.82) is 0 Å². The average Bonchev–Trinajstić information content (AvgIpc) is 3.08. The SMILES string of the molecule is COC(=O)[C@H](Cc1ccccc1)NC(=O)[C@H](Cc1ccccc1)N1C(=O)c2ccccc2S1(=O)=O. The maximum absolute atomic E-state index is 13.6. The van der Waals surface area contributed by atoms with Crippen LogP contribution in [0.25, 0.3) is 0 Å². The number of rotatable bonds is 8. The maximum atomic E-state index is 13.6. The molecule has 1 aliphatic rings. The minimum atomic E-state index is -4.27. The molecule has 0 saturated carbocycles. The minimum Gasteiger partial charge on any atom is -0.467 e. The second-order valence-electron chi connectivity index (χ2n) is 8.08. The van der Waals surface area contributed by atoms with Crippen molar-refractivity contribution >= 4 is 27.8 Å². The predicted molar refractivity (Wildman–Crippen MR) is 128 cm³/mol. The first-order chi connectivity index (χ1) is 16.8. The number of hydrogen-bond donors (Lipinski definition) is 1. The topological polar surface area (TPSA) is 110 Å². The number of ether oxygens (including phenoxy) is 1. The molecule has 0 saturated heterocycles. The fraction of sp³-hybridized carbons (Fsp3) is 0.192. The zero-order valence-corrected chi connectivity index (χ0v) is 19.8. The Hall–Kier alpha value is -3.98. The lowest BCUT2D eigenvalue weighted by molar-refractivity contribution is -0.145. The Bertz CT molecular complexity index is 1340. The van der Waals surface area contributed by atoms with Crippen LogP contribution in [-0.4, -0.2) is 49.7 Å². The molecule has 0 fully saturated rings. The number of fused-ring (bicyclic) bond motifs is 1. The summed E-state index contributed by atoms with van der Waals surface area (Å²) in [5.41, 5.74) is 1.44. The highest BCUT2D eigenvalue weighted by molar-refractivity contribution is 7.90. The van der Waals surface area contributed by atoms with Crippen LogP contribution in [0.15, 0.2) is 89.8 Å². The molecular weight excluding hydrogens is 468 g/mol. The van der Waals surface area contributed by atoms with Crippen LogP contribution in [0.2, 0.25) is 0 Å². The van der Waals surface area contributed by atoms with E-state index in [2.05, 4.69) is 5.32 Å². The molecule has 2 atom stereocenters. The van der Waals surface area contributed by atoms with E-state index in [1.54, 1.807) is 60.7 Å². The number of nitrogens with zero attached hydrogens (tertiary/aromatic N) is 1. The van der Waals surface area contributed by atoms with Crippen LogP contribution in [-0.2, 0) is 37.2 Å². The summed E-state index contributed by atoms with van der Waals surface area (Å²) in [5.74, 6) is -2.24. The molecular formula is C26H24N2O6S. The van der Waals surface area contributed by atoms with Gasteiger partial charge < -0.3 is 10.1 Å². The van der Waals surface area contributed by atoms with E-state index in [0.29, 0.717) is 9.87 Å². The largest absolute Gasteiger partial charge is 0.467 e. The smallest absolute Gasteiger partial charge is 0.328 e. The lowest BCUT2D eigenvalue weighted by atomic mass is 10.0. The first-order valence-electron chi connectivity index (χ1n) is 11.0. The van der Waals surface area contributed by atoms with Gasteiger partial charge in [-0.2, -0.15) is 0 Å². The Morgan fingerprint density at radius 3 is 1.97 bits per heavy atom. The standard InChI is InChI=1S/C26H24N2O6S/c1-34-26(31)21(16-18-10-4-2-5-11-18)27-24(29)22(17-19-12-6-3-7-13-19)28-25(30)20-14-8-9-15-23(20)35(28,32)33/h2-15,21-22H,16-17H2,1H3,(H,27,29)/t21-,22-/m0/s1. The Morgan fingerprint density at radius 2 is 1.40 bits per heavy atom. The number of methoxy groups -OCH3 is 1. The number of esters is 1. The first-order valence-corrected chi connectivity index (χ1v) is 12.4. The number of nitrogens with one attached hydrogen (secondary N) is 1. The van der Waals surface area contributed by atoms with Crippen molar-refractivity contribution in [2.45, 2.75) is 29.8 Å². The van der Waals surface area contributed by atoms with Gasteiger partial charge in [-0.15, -0.1) is 0 Å². The molecule has 9 heteroatoms. The molecule has 35 heavy (non-hydrogen) atoms. The van der Waals surface area contributed by atoms with Gasteiger partial charge in [-0.1, -0.05) is 72.8 Å². The summed E-state index contributed by atoms with van der Waals surface area (Å²) in [6.45, 7) is 0. The molecule has 0 bridgehead atoms. The van der Waals surface area contributed by atoms with Gasteiger partial charge in [-0.3, -0.25) is 9.59 Å². The van der Waals surface area contributed by atoms with Crippen LogP contribution < -0.4 is 5.32 Å². The van der Waals surface area contributed by atoms with Crippen molar-refractivity contribution in [3.05, 3.63) is 102 Å². The summed E-state index contributed by atoms with van der Waals surface area (Å²) >= 11 is 0. The molecule has 0 radical (unpaired) electrons. The molecule has 0 spiro atoms. The minimum absolute atomic E-state index is 0.00663. The fourth-order valence-corrected chi connectivity index (χ4v) is 5.80. The van der Waals surface area contributed by atoms with Gasteiger partial charge in [0.2, 0.25) is 5.91 Å². The molecule has 1 heterocycles. The van der Waals surface area contributed by atoms with Crippen molar-refractivity contribution in [2.24, 2.45) is 0 Å². The van der Waals surface area contributed by atoms with Gasteiger partial charge in [-0.25, -0.2) is 17.5 Å². The van der Waals surface area contributed by atoms with E-state index in [0.717, 1.165) is 5.56 Å². The number of carbonyl (C=O) groups excluding carboxylic acids is 3. The normalized spacial score (nSPS) is 15.7. The molecule has 3 aromatic rings. The highest BCUT2D eigenvalue weighted by Crippen LogP contribution is 2.32. The van der Waals surface area contributed by atoms with Gasteiger partial charge in [0.05, 0.1) is 12.7 Å². The Labute approximate surface area is 203 Å². The van der Waals surface area contributed by atoms with Crippen molar-refractivity contribution < 1.29 is 27.5 Å². The van der Waals surface area contributed by atoms with Crippen molar-refractivity contribution in [1.82, 2.24) is 9.62 Å². The van der Waals surface area contributed by atoms with Crippen LogP contribution in [0.1, 0.15) is 21.5 Å². The van der Waals surface area contributed by atoms with Gasteiger partial charge >= 0.3 is 5.97 Å². The van der Waals surface area contributed by atoms with E-state index in [4.69, 9.17) is 4.74 Å². The zero-order chi connectivity index (χ0) is 25.0. The quantitative estimate of drug-likeness (QED) is 0.484. The number of sulfonamides is 1. The Balaban J connectivity index is 1.69. The predicted octanol–water partition coefficient (Wildman–Crippen LogP) is 2.34. The van der Waals surface area contributed by atoms with E-state index < -0.39 is 39.9 Å². The molecule has 0 aromatic heterocycles. The zero-order valence-electron chi connectivity index (χ0n) is 19.0. The van der Waals surface area contributed by atoms with Crippen LogP contribution in [0.3, 0.4) is 0 Å². The highest BCUT2D eigenvalue weighted by Gasteiger charge is 2.47. The molecule has 4 rings (SSSR count). The second kappa shape index (κ2) is 10.1. The summed E-state index contributed by atoms with van der Waals surface area (Å²) in [7, 11) is -3.07. The summed E-state index contributed by atoms with van der Waals surface area (Å²) in [4.78, 5) is 39.1. The Kier molecular flexibility index (Phi) is 6.97. The van der Waals surface area contributed by atoms with E-state index in [1.807, 2.05) is 6.07 Å². The third-order valence-corrected chi connectivity index (χ3v) is 7.65. The highest BCUT2D eigenvalue weighted by atomic mass is 32.2. The van der Waals surface area contributed by atoms with Crippen molar-refractivity contribution in [3.63, 3.8) is 0 Å². The summed E-state index contributed by atoms with van der Waals surface area (Å²) < 4.78 is 32.2. The van der Waals surface area contributed by atoms with E-state index in [-0.39, 0.29) is 23.3 Å². The van der Waals surface area contributed by atoms with Crippen molar-refractivity contribution in [3.8, 4) is 0 Å². The van der Waals surface area contributed by atoms with Crippen LogP contribution >= 0.6 is 0 Å². The van der Waals surface area contributed by atoms with Crippen LogP contribution in [0, 0.1) is 0 Å². The van der Waals surface area contributed by atoms with Gasteiger partial charge in [0.25, 0.3) is 15.9 Å². The van der Waals surface area contributed by atoms with Gasteiger partial charge in [0, 0.05) is 12.8 Å². The van der Waals surface area contributed by atoms with Gasteiger partial charge in [0.15, 0.2) is 0 Å². The summed E-state index contributed by atoms with van der Waals surface area (Å²) in [6.07, 6.45) is 0.0725. The molecule has 2 amide bonds. The first kappa shape index (κ1) is 24.2. The number of hydrogen-bond acceptors (Lipinski definition) is 6. The third kappa shape index (κ3) is 4.95. The van der Waals surface area contributed by atoms with Gasteiger partial charge in [-0.05, 0) is 23.3 Å². The number of carbonyl (C=O) groups is 3. The monoisotopic (exact) mass is 492 g/mol. The van der Waals surface area contributed by atoms with Crippen LogP contribution in [0.5, 0.6) is 0 Å². The van der Waals surface area contributed by atoms with Crippen LogP contribution in [0.4, 0.5) is 0 Å². The molecule has 8 nitrogen and oxygen atoms in total. The lowest BCUT2D eigenvalue weighted by Gasteiger charge is -2.27. The molecule has 1 N–H and O–H groups in total. The molecule has 0 unspecified atom stereocenters. The van der Waals surface area contributed by atoms with E-state index in [9.17, 15) is 22.8 Å². The average molecular weight is 493 g/mol. The van der Waals surface area contributed by atoms with Crippen molar-refractivity contribution in [2.75, 3.05) is 7.11 Å². The fourth-order valence-electron chi connectivity index (χ4n) is 4.08. The van der Waals surface area contributed by atoms with E-state index >= 15 is 0 Å². The number of amides is 2. The molecule has 180 valence electrons. The second-order valence-corrected chi connectivity index (χ2v) is 9.87. The summed E-state index contributed by atoms with van der Waals surface area (Å²) in [5, 5.41) is 2.63. The Morgan fingerprint density at radius 1 is 0.857 bits per heavy atom. The van der Waals surface area contributed by atoms with Gasteiger partial charge in [0.1, 0.15) is 17.0 Å². The third-order valence-electron chi connectivity index (χ3n) is 5.80. The lowest BCUT2D eigenvalue weighted by Crippen LogP contribution is -2.54. The number of benzene rings is 3.